The average Bonchev–Trinajstić information content (AvgIpc) is 3.33. The van der Waals surface area contributed by atoms with Gasteiger partial charge in [0.1, 0.15) is 11.7 Å². The van der Waals surface area contributed by atoms with Crippen LogP contribution in [0.1, 0.15) is 36.7 Å². The molecule has 0 aromatic carbocycles. The number of nitrogens with two attached hydrogens (primary N) is 1. The quantitative estimate of drug-likeness (QED) is 0.309. The Labute approximate surface area is 169 Å². The van der Waals surface area contributed by atoms with E-state index in [2.05, 4.69) is 25.1 Å². The van der Waals surface area contributed by atoms with Gasteiger partial charge in [-0.1, -0.05) is 0 Å². The Hall–Kier alpha value is -1.99. The van der Waals surface area contributed by atoms with Gasteiger partial charge in [-0.2, -0.15) is 24.6 Å². The van der Waals surface area contributed by atoms with Crippen LogP contribution in [0, 0.1) is 6.92 Å². The van der Waals surface area contributed by atoms with Crippen molar-refractivity contribution in [3.05, 3.63) is 23.4 Å². The van der Waals surface area contributed by atoms with Crippen molar-refractivity contribution in [1.29, 1.82) is 0 Å². The Morgan fingerprint density at radius 2 is 2.14 bits per heavy atom. The minimum atomic E-state index is -4.43. The fraction of sp³-hybridized carbons (Fsp3) is 0.500. The first-order valence-corrected chi connectivity index (χ1v) is 10.6. The number of ether oxygens (including phenoxy) is 2. The summed E-state index contributed by atoms with van der Waals surface area (Å²) in [5.41, 5.74) is 6.68. The molecule has 3 atom stereocenters. The van der Waals surface area contributed by atoms with Crippen molar-refractivity contribution in [2.45, 2.75) is 37.9 Å². The van der Waals surface area contributed by atoms with Gasteiger partial charge in [-0.05, 0) is 24.4 Å². The summed E-state index contributed by atoms with van der Waals surface area (Å²) in [5.74, 6) is -1.40. The maximum absolute atomic E-state index is 9.66. The van der Waals surface area contributed by atoms with Gasteiger partial charge < -0.3 is 19.6 Å². The Bertz CT molecular complexity index is 1020. The molecule has 4 rings (SSSR count). The molecule has 0 spiro atoms. The lowest BCUT2D eigenvalue weighted by molar-refractivity contribution is -0.0546. The van der Waals surface area contributed by atoms with Crippen molar-refractivity contribution in [1.82, 2.24) is 29.7 Å². The van der Waals surface area contributed by atoms with Crippen LogP contribution in [-0.2, 0) is 9.47 Å². The molecule has 0 amide bonds. The van der Waals surface area contributed by atoms with Crippen molar-refractivity contribution >= 4 is 36.5 Å². The highest BCUT2D eigenvalue weighted by Crippen LogP contribution is 2.59. The first kappa shape index (κ1) is 20.3. The first-order chi connectivity index (χ1) is 13.7. The molecule has 13 nitrogen and oxygen atoms in total. The zero-order valence-electron chi connectivity index (χ0n) is 15.1. The lowest BCUT2D eigenvalue weighted by Gasteiger charge is -2.18. The van der Waals surface area contributed by atoms with Crippen molar-refractivity contribution < 1.29 is 28.6 Å². The molecular weight excluding hydrogens is 429 g/mol. The summed E-state index contributed by atoms with van der Waals surface area (Å²) in [5, 5.41) is 7.28. The molecule has 15 heteroatoms. The summed E-state index contributed by atoms with van der Waals surface area (Å²) in [7, 11) is -4.43. The second-order valence-corrected chi connectivity index (χ2v) is 8.49. The number of aryl methyl sites for hydroxylation is 1. The predicted octanol–water partition coefficient (Wildman–Crippen LogP) is 0.886. The van der Waals surface area contributed by atoms with E-state index in [0.717, 1.165) is 0 Å². The molecule has 0 saturated carbocycles. The molecule has 29 heavy (non-hydrogen) atoms. The molecule has 3 aromatic rings. The Balaban J connectivity index is 1.45. The zero-order valence-corrected chi connectivity index (χ0v) is 16.7. The van der Waals surface area contributed by atoms with E-state index in [0.29, 0.717) is 24.0 Å². The molecule has 5 N–H and O–H groups in total. The number of fused-ring (bicyclic) bond motifs is 1. The van der Waals surface area contributed by atoms with Crippen LogP contribution in [0.4, 0.5) is 5.82 Å². The SMILES string of the molecule is Cc1nnc(C(OC[C@@H]2CC[C@H](n3cnc4c(N)nc(Cl)nc43)O2)[P+](O)(O)O)o1. The van der Waals surface area contributed by atoms with Crippen LogP contribution < -0.4 is 5.73 Å². The van der Waals surface area contributed by atoms with E-state index in [1.165, 1.54) is 13.3 Å². The first-order valence-electron chi connectivity index (χ1n) is 8.52. The van der Waals surface area contributed by atoms with Gasteiger partial charge in [-0.3, -0.25) is 4.57 Å². The van der Waals surface area contributed by atoms with Gasteiger partial charge in [0, 0.05) is 6.92 Å². The summed E-state index contributed by atoms with van der Waals surface area (Å²) < 4.78 is 18.3. The van der Waals surface area contributed by atoms with E-state index < -0.39 is 26.1 Å². The third-order valence-corrected chi connectivity index (χ3v) is 5.49. The van der Waals surface area contributed by atoms with E-state index in [-0.39, 0.29) is 29.5 Å². The highest BCUT2D eigenvalue weighted by molar-refractivity contribution is 7.58. The van der Waals surface area contributed by atoms with Gasteiger partial charge in [-0.15, -0.1) is 10.2 Å². The van der Waals surface area contributed by atoms with E-state index >= 15 is 0 Å². The third kappa shape index (κ3) is 4.16. The second-order valence-electron chi connectivity index (χ2n) is 6.45. The van der Waals surface area contributed by atoms with Crippen LogP contribution in [0.3, 0.4) is 0 Å². The number of imidazole rings is 1. The van der Waals surface area contributed by atoms with Gasteiger partial charge >= 0.3 is 13.8 Å². The highest BCUT2D eigenvalue weighted by atomic mass is 35.5. The molecule has 1 aliphatic heterocycles. The van der Waals surface area contributed by atoms with Crippen LogP contribution in [-0.4, -0.2) is 57.1 Å². The van der Waals surface area contributed by atoms with E-state index in [9.17, 15) is 14.7 Å². The molecule has 1 aliphatic rings. The fourth-order valence-corrected chi connectivity index (χ4v) is 3.92. The van der Waals surface area contributed by atoms with Crippen molar-refractivity contribution in [2.75, 3.05) is 12.3 Å². The van der Waals surface area contributed by atoms with Gasteiger partial charge in [0.2, 0.25) is 11.2 Å². The van der Waals surface area contributed by atoms with E-state index in [1.807, 2.05) is 0 Å². The largest absolute Gasteiger partial charge is 0.445 e. The van der Waals surface area contributed by atoms with Crippen LogP contribution in [0.15, 0.2) is 10.7 Å². The van der Waals surface area contributed by atoms with Crippen LogP contribution in [0.25, 0.3) is 11.2 Å². The molecule has 156 valence electrons. The number of hydrogen-bond donors (Lipinski definition) is 4. The Kier molecular flexibility index (Phi) is 5.38. The van der Waals surface area contributed by atoms with Gasteiger partial charge in [0.15, 0.2) is 11.5 Å². The van der Waals surface area contributed by atoms with Crippen molar-refractivity contribution in [3.63, 3.8) is 0 Å². The molecule has 1 saturated heterocycles. The molecule has 1 unspecified atom stereocenters. The topological polar surface area (TPSA) is 188 Å². The van der Waals surface area contributed by atoms with Crippen molar-refractivity contribution in [3.8, 4) is 0 Å². The summed E-state index contributed by atoms with van der Waals surface area (Å²) in [6.45, 7) is 1.49. The fourth-order valence-electron chi connectivity index (χ4n) is 3.07. The van der Waals surface area contributed by atoms with Gasteiger partial charge in [-0.25, -0.2) is 4.98 Å². The number of halogens is 1. The second kappa shape index (κ2) is 7.69. The highest BCUT2D eigenvalue weighted by Gasteiger charge is 2.50. The normalized spacial score (nSPS) is 21.1. The minimum Gasteiger partial charge on any atom is -0.419 e. The standard InChI is InChI=1S/C14H18ClN7O6P/c1-6-20-21-12(27-6)13(29(23,24)25)26-4-7-2-3-8(28-7)22-5-17-9-10(16)18-14(15)19-11(9)22/h5,7-8,13,23-25H,2-4H2,1H3,(H2,16,18,19)/q+1/t7-,8+,13?/m0/s1. The minimum absolute atomic E-state index is 0.00136. The average molecular weight is 447 g/mol. The lowest BCUT2D eigenvalue weighted by atomic mass is 10.2. The molecule has 0 radical (unpaired) electrons. The zero-order chi connectivity index (χ0) is 20.8. The van der Waals surface area contributed by atoms with Crippen LogP contribution >= 0.6 is 19.5 Å². The molecule has 3 aromatic heterocycles. The molecular formula is C14H18ClN7O6P+. The summed E-state index contributed by atoms with van der Waals surface area (Å²) in [4.78, 5) is 41.2. The number of hydrogen-bond acceptors (Lipinski definition) is 12. The predicted molar refractivity (Wildman–Crippen MR) is 99.2 cm³/mol. The number of aromatic nitrogens is 6. The van der Waals surface area contributed by atoms with Crippen molar-refractivity contribution in [2.24, 2.45) is 0 Å². The monoisotopic (exact) mass is 446 g/mol. The van der Waals surface area contributed by atoms with E-state index in [4.69, 9.17) is 31.2 Å². The maximum atomic E-state index is 9.66. The lowest BCUT2D eigenvalue weighted by Crippen LogP contribution is -2.20. The number of nitrogens with zero attached hydrogens (tertiary/aromatic N) is 6. The van der Waals surface area contributed by atoms with Gasteiger partial charge in [0.05, 0.1) is 19.0 Å². The van der Waals surface area contributed by atoms with Crippen LogP contribution in [0.2, 0.25) is 5.28 Å². The molecule has 0 aliphatic carbocycles. The third-order valence-electron chi connectivity index (χ3n) is 4.32. The Morgan fingerprint density at radius 1 is 1.34 bits per heavy atom. The molecule has 0 bridgehead atoms. The maximum Gasteiger partial charge on any atom is 0.445 e. The summed E-state index contributed by atoms with van der Waals surface area (Å²) >= 11 is 5.88. The van der Waals surface area contributed by atoms with Gasteiger partial charge in [0.25, 0.3) is 5.89 Å². The van der Waals surface area contributed by atoms with E-state index in [1.54, 1.807) is 4.57 Å². The molecule has 1 fully saturated rings. The summed E-state index contributed by atoms with van der Waals surface area (Å²) in [6, 6.07) is 0. The molecule has 4 heterocycles. The Morgan fingerprint density at radius 3 is 2.83 bits per heavy atom. The van der Waals surface area contributed by atoms with Crippen LogP contribution in [0.5, 0.6) is 0 Å². The number of nitrogen functional groups attached to an aromatic ring is 1. The summed E-state index contributed by atoms with van der Waals surface area (Å²) in [6.07, 6.45) is 1.95. The number of rotatable bonds is 6. The number of anilines is 1. The smallest absolute Gasteiger partial charge is 0.419 e.